The molecule has 0 heterocycles. The minimum absolute atomic E-state index is 0.373. The van der Waals surface area contributed by atoms with Gasteiger partial charge in [0.1, 0.15) is 0 Å². The molecule has 0 saturated heterocycles. The average molecular weight is 360 g/mol. The molecule has 4 nitrogen and oxygen atoms in total. The van der Waals surface area contributed by atoms with Crippen LogP contribution >= 0.6 is 0 Å². The first kappa shape index (κ1) is 23.8. The zero-order valence-corrected chi connectivity index (χ0v) is 16.4. The van der Waals surface area contributed by atoms with E-state index in [1.54, 1.807) is 25.2 Å². The van der Waals surface area contributed by atoms with Crippen LogP contribution in [0.3, 0.4) is 0 Å². The second-order valence-corrected chi connectivity index (χ2v) is 6.88. The molecule has 0 unspecified atom stereocenters. The number of hydrogen-bond donors (Lipinski definition) is 3. The van der Waals surface area contributed by atoms with E-state index in [-0.39, 0.29) is 0 Å². The molecule has 26 heavy (non-hydrogen) atoms. The van der Waals surface area contributed by atoms with Crippen molar-refractivity contribution in [1.82, 2.24) is 0 Å². The first-order chi connectivity index (χ1) is 12.0. The van der Waals surface area contributed by atoms with Crippen molar-refractivity contribution in [2.24, 2.45) is 0 Å². The van der Waals surface area contributed by atoms with Gasteiger partial charge >= 0.3 is 5.97 Å². The fourth-order valence-corrected chi connectivity index (χ4v) is 2.12. The van der Waals surface area contributed by atoms with Gasteiger partial charge in [-0.05, 0) is 53.0 Å². The van der Waals surface area contributed by atoms with Gasteiger partial charge in [-0.2, -0.15) is 0 Å². The monoisotopic (exact) mass is 360 g/mol. The van der Waals surface area contributed by atoms with Crippen molar-refractivity contribution in [1.29, 1.82) is 0 Å². The van der Waals surface area contributed by atoms with E-state index in [0.717, 1.165) is 17.2 Å². The Morgan fingerprint density at radius 3 is 2.31 bits per heavy atom. The van der Waals surface area contributed by atoms with E-state index in [0.29, 0.717) is 12.8 Å². The lowest BCUT2D eigenvalue weighted by Gasteiger charge is -2.17. The van der Waals surface area contributed by atoms with Gasteiger partial charge in [0.05, 0.1) is 11.7 Å². The standard InChI is InChI=1S/C22H32O4/c1-17(2)13-14-20(23)19(4)11-9-10-18(3)16-22(5,26)15-8-6-7-12-21(24)25/h6-13,16,20,23,26H,14-15H2,1-5H3,(H,24,25)/b8-6+,10-9+,12-7+,18-16+,19-11+/t20-,22-/m0/s1. The first-order valence-electron chi connectivity index (χ1n) is 8.68. The zero-order valence-electron chi connectivity index (χ0n) is 16.4. The number of carboxylic acids is 1. The maximum atomic E-state index is 10.4. The molecule has 0 radical (unpaired) electrons. The Balaban J connectivity index is 4.73. The van der Waals surface area contributed by atoms with Crippen LogP contribution in [0.25, 0.3) is 0 Å². The highest BCUT2D eigenvalue weighted by atomic mass is 16.4. The molecule has 4 heteroatoms. The van der Waals surface area contributed by atoms with Crippen LogP contribution in [-0.2, 0) is 4.79 Å². The van der Waals surface area contributed by atoms with Gasteiger partial charge in [-0.15, -0.1) is 0 Å². The summed E-state index contributed by atoms with van der Waals surface area (Å²) in [6, 6.07) is 0. The Labute approximate surface area is 157 Å². The molecule has 0 aliphatic carbocycles. The van der Waals surface area contributed by atoms with Crippen molar-refractivity contribution in [2.45, 2.75) is 59.2 Å². The predicted molar refractivity (Wildman–Crippen MR) is 108 cm³/mol. The topological polar surface area (TPSA) is 77.8 Å². The number of rotatable bonds is 10. The minimum Gasteiger partial charge on any atom is -0.478 e. The van der Waals surface area contributed by atoms with E-state index in [2.05, 4.69) is 0 Å². The fraction of sp³-hybridized carbons (Fsp3) is 0.409. The second-order valence-electron chi connectivity index (χ2n) is 6.88. The molecule has 0 rings (SSSR count). The van der Waals surface area contributed by atoms with Gasteiger partial charge in [-0.25, -0.2) is 4.79 Å². The average Bonchev–Trinajstić information content (AvgIpc) is 2.50. The Morgan fingerprint density at radius 2 is 1.73 bits per heavy atom. The van der Waals surface area contributed by atoms with Crippen LogP contribution in [0.15, 0.2) is 71.4 Å². The van der Waals surface area contributed by atoms with Crippen molar-refractivity contribution in [3.8, 4) is 0 Å². The van der Waals surface area contributed by atoms with Crippen LogP contribution in [0.4, 0.5) is 0 Å². The van der Waals surface area contributed by atoms with Gasteiger partial charge in [0.25, 0.3) is 0 Å². The number of carboxylic acid groups (broad SMARTS) is 1. The Kier molecular flexibility index (Phi) is 11.2. The largest absolute Gasteiger partial charge is 0.478 e. The summed E-state index contributed by atoms with van der Waals surface area (Å²) in [7, 11) is 0. The number of carbonyl (C=O) groups is 1. The van der Waals surface area contributed by atoms with E-state index < -0.39 is 17.7 Å². The molecule has 0 aromatic heterocycles. The van der Waals surface area contributed by atoms with E-state index in [4.69, 9.17) is 5.11 Å². The maximum absolute atomic E-state index is 10.4. The minimum atomic E-state index is -1.02. The van der Waals surface area contributed by atoms with Crippen LogP contribution < -0.4 is 0 Å². The Morgan fingerprint density at radius 1 is 1.08 bits per heavy atom. The highest BCUT2D eigenvalue weighted by molar-refractivity contribution is 5.80. The smallest absolute Gasteiger partial charge is 0.328 e. The fourth-order valence-electron chi connectivity index (χ4n) is 2.12. The van der Waals surface area contributed by atoms with Crippen molar-refractivity contribution < 1.29 is 20.1 Å². The second kappa shape index (κ2) is 12.2. The van der Waals surface area contributed by atoms with Gasteiger partial charge < -0.3 is 15.3 Å². The molecular weight excluding hydrogens is 328 g/mol. The number of allylic oxidation sites excluding steroid dienone is 7. The quantitative estimate of drug-likeness (QED) is 0.305. The molecule has 0 saturated carbocycles. The highest BCUT2D eigenvalue weighted by Gasteiger charge is 2.14. The van der Waals surface area contributed by atoms with E-state index in [1.807, 2.05) is 52.0 Å². The molecule has 0 bridgehead atoms. The van der Waals surface area contributed by atoms with Crippen molar-refractivity contribution in [2.75, 3.05) is 0 Å². The van der Waals surface area contributed by atoms with Crippen LogP contribution in [0.2, 0.25) is 0 Å². The number of hydrogen-bond acceptors (Lipinski definition) is 3. The summed E-state index contributed by atoms with van der Waals surface area (Å²) in [6.45, 7) is 9.48. The summed E-state index contributed by atoms with van der Waals surface area (Å²) < 4.78 is 0. The van der Waals surface area contributed by atoms with Gasteiger partial charge in [-0.3, -0.25) is 0 Å². The first-order valence-corrected chi connectivity index (χ1v) is 8.68. The third-order valence-corrected chi connectivity index (χ3v) is 3.55. The molecule has 0 aromatic carbocycles. The van der Waals surface area contributed by atoms with Gasteiger partial charge in [0, 0.05) is 6.08 Å². The molecular formula is C22H32O4. The van der Waals surface area contributed by atoms with Gasteiger partial charge in [-0.1, -0.05) is 59.8 Å². The molecule has 0 aromatic rings. The molecule has 0 spiro atoms. The molecule has 0 aliphatic heterocycles. The lowest BCUT2D eigenvalue weighted by molar-refractivity contribution is -0.131. The number of aliphatic hydroxyl groups excluding tert-OH is 1. The van der Waals surface area contributed by atoms with Crippen molar-refractivity contribution >= 4 is 5.97 Å². The van der Waals surface area contributed by atoms with E-state index in [9.17, 15) is 15.0 Å². The summed E-state index contributed by atoms with van der Waals surface area (Å²) in [5, 5.41) is 28.9. The summed E-state index contributed by atoms with van der Waals surface area (Å²) in [5.74, 6) is -1.00. The van der Waals surface area contributed by atoms with Crippen LogP contribution in [-0.4, -0.2) is 33.0 Å². The third kappa shape index (κ3) is 13.2. The lowest BCUT2D eigenvalue weighted by atomic mass is 9.98. The lowest BCUT2D eigenvalue weighted by Crippen LogP contribution is -2.19. The molecule has 2 atom stereocenters. The zero-order chi connectivity index (χ0) is 20.2. The molecule has 0 aliphatic rings. The normalized spacial score (nSPS) is 17.0. The van der Waals surface area contributed by atoms with E-state index >= 15 is 0 Å². The Bertz CT molecular complexity index is 625. The summed E-state index contributed by atoms with van der Waals surface area (Å²) in [5.41, 5.74) is 1.93. The number of aliphatic carboxylic acids is 1. The summed E-state index contributed by atoms with van der Waals surface area (Å²) in [6.07, 6.45) is 15.6. The highest BCUT2D eigenvalue weighted by Crippen LogP contribution is 2.15. The van der Waals surface area contributed by atoms with E-state index in [1.165, 1.54) is 11.6 Å². The van der Waals surface area contributed by atoms with Gasteiger partial charge in [0.15, 0.2) is 0 Å². The Hall–Kier alpha value is -2.17. The SMILES string of the molecule is CC(C)=CC[C@H](O)/C(C)=C/C=C/C(C)=C/[C@@](C)(O)C/C=C/C=C/C(=O)O. The van der Waals surface area contributed by atoms with Crippen LogP contribution in [0.5, 0.6) is 0 Å². The summed E-state index contributed by atoms with van der Waals surface area (Å²) in [4.78, 5) is 10.4. The third-order valence-electron chi connectivity index (χ3n) is 3.55. The van der Waals surface area contributed by atoms with Crippen molar-refractivity contribution in [3.05, 3.63) is 71.4 Å². The van der Waals surface area contributed by atoms with Crippen LogP contribution in [0, 0.1) is 0 Å². The van der Waals surface area contributed by atoms with Crippen LogP contribution in [0.1, 0.15) is 47.5 Å². The van der Waals surface area contributed by atoms with Gasteiger partial charge in [0.2, 0.25) is 0 Å². The molecule has 0 amide bonds. The molecule has 144 valence electrons. The predicted octanol–water partition coefficient (Wildman–Crippen LogP) is 4.49. The van der Waals surface area contributed by atoms with Crippen molar-refractivity contribution in [3.63, 3.8) is 0 Å². The maximum Gasteiger partial charge on any atom is 0.328 e. The summed E-state index contributed by atoms with van der Waals surface area (Å²) >= 11 is 0. The molecule has 3 N–H and O–H groups in total. The number of aliphatic hydroxyl groups is 2. The molecule has 0 fully saturated rings.